The molecule has 1 saturated heterocycles. The molecule has 0 spiro atoms. The second-order valence-electron chi connectivity index (χ2n) is 4.60. The Morgan fingerprint density at radius 1 is 1.27 bits per heavy atom. The highest BCUT2D eigenvalue weighted by Gasteiger charge is 2.08. The van der Waals surface area contributed by atoms with Crippen LogP contribution in [0.15, 0.2) is 24.5 Å². The van der Waals surface area contributed by atoms with Crippen molar-refractivity contribution < 1.29 is 24.5 Å². The summed E-state index contributed by atoms with van der Waals surface area (Å²) in [6, 6.07) is 4.06. The van der Waals surface area contributed by atoms with E-state index in [1.807, 2.05) is 12.3 Å². The fourth-order valence-corrected chi connectivity index (χ4v) is 1.80. The first-order valence-electron chi connectivity index (χ1n) is 6.95. The second kappa shape index (κ2) is 10.7. The molecule has 0 radical (unpaired) electrons. The largest absolute Gasteiger partial charge is 0.473 e. The van der Waals surface area contributed by atoms with E-state index >= 15 is 0 Å². The van der Waals surface area contributed by atoms with Crippen LogP contribution in [0.4, 0.5) is 0 Å². The minimum absolute atomic E-state index is 0.878. The first-order valence-corrected chi connectivity index (χ1v) is 6.95. The molecule has 3 N–H and O–H groups in total. The van der Waals surface area contributed by atoms with Gasteiger partial charge in [-0.15, -0.1) is 0 Å². The molecule has 1 aromatic heterocycles. The number of carbonyl (C=O) groups is 2. The van der Waals surface area contributed by atoms with E-state index in [9.17, 15) is 0 Å². The number of carboxylic acids is 2. The maximum absolute atomic E-state index is 9.10. The second-order valence-corrected chi connectivity index (χ2v) is 4.60. The zero-order chi connectivity index (χ0) is 16.2. The van der Waals surface area contributed by atoms with E-state index in [0.29, 0.717) is 0 Å². The molecule has 2 rings (SSSR count). The standard InChI is InChI=1S/C12H19N3O.C2H2O4/c1-2-12(10-13-3-1)11-14-4-5-15-6-8-16-9-7-15;3-1(4)2(5)6/h1-3,10,14H,4-9,11H2;(H,3,4)(H,5,6). The molecule has 122 valence electrons. The quantitative estimate of drug-likeness (QED) is 0.500. The van der Waals surface area contributed by atoms with Gasteiger partial charge in [0.25, 0.3) is 0 Å². The summed E-state index contributed by atoms with van der Waals surface area (Å²) in [5.74, 6) is -3.65. The molecule has 0 saturated carbocycles. The highest BCUT2D eigenvalue weighted by Crippen LogP contribution is 1.96. The van der Waals surface area contributed by atoms with E-state index in [0.717, 1.165) is 45.9 Å². The molecule has 0 aliphatic carbocycles. The first-order chi connectivity index (χ1) is 10.6. The van der Waals surface area contributed by atoms with Gasteiger partial charge in [0.2, 0.25) is 0 Å². The number of aromatic nitrogens is 1. The lowest BCUT2D eigenvalue weighted by molar-refractivity contribution is -0.159. The Hall–Kier alpha value is -2.03. The normalized spacial score (nSPS) is 14.7. The van der Waals surface area contributed by atoms with Gasteiger partial charge in [0.05, 0.1) is 13.2 Å². The Morgan fingerprint density at radius 3 is 2.50 bits per heavy atom. The minimum atomic E-state index is -1.82. The van der Waals surface area contributed by atoms with Crippen LogP contribution in [0.25, 0.3) is 0 Å². The van der Waals surface area contributed by atoms with Gasteiger partial charge >= 0.3 is 11.9 Å². The monoisotopic (exact) mass is 311 g/mol. The van der Waals surface area contributed by atoms with E-state index in [4.69, 9.17) is 24.5 Å². The molecule has 0 amide bonds. The summed E-state index contributed by atoms with van der Waals surface area (Å²) >= 11 is 0. The summed E-state index contributed by atoms with van der Waals surface area (Å²) in [6.07, 6.45) is 3.71. The van der Waals surface area contributed by atoms with Crippen molar-refractivity contribution in [3.05, 3.63) is 30.1 Å². The Kier molecular flexibility index (Phi) is 8.73. The first kappa shape index (κ1) is 18.0. The lowest BCUT2D eigenvalue weighted by atomic mass is 10.3. The maximum Gasteiger partial charge on any atom is 0.414 e. The Morgan fingerprint density at radius 2 is 1.95 bits per heavy atom. The van der Waals surface area contributed by atoms with Crippen LogP contribution in [-0.4, -0.2) is 71.4 Å². The van der Waals surface area contributed by atoms with Crippen LogP contribution in [0.1, 0.15) is 5.56 Å². The van der Waals surface area contributed by atoms with Crippen molar-refractivity contribution in [1.29, 1.82) is 0 Å². The highest BCUT2D eigenvalue weighted by atomic mass is 16.5. The van der Waals surface area contributed by atoms with Gasteiger partial charge in [-0.3, -0.25) is 9.88 Å². The van der Waals surface area contributed by atoms with Crippen LogP contribution in [0.3, 0.4) is 0 Å². The molecular formula is C14H21N3O5. The number of nitrogens with zero attached hydrogens (tertiary/aromatic N) is 2. The molecule has 1 aliphatic rings. The lowest BCUT2D eigenvalue weighted by Gasteiger charge is -2.26. The molecule has 1 aromatic rings. The summed E-state index contributed by atoms with van der Waals surface area (Å²) in [5.41, 5.74) is 1.24. The number of rotatable bonds is 5. The van der Waals surface area contributed by atoms with Gasteiger partial charge in [-0.05, 0) is 11.6 Å². The van der Waals surface area contributed by atoms with Crippen molar-refractivity contribution in [1.82, 2.24) is 15.2 Å². The van der Waals surface area contributed by atoms with E-state index < -0.39 is 11.9 Å². The zero-order valence-electron chi connectivity index (χ0n) is 12.3. The molecule has 22 heavy (non-hydrogen) atoms. The van der Waals surface area contributed by atoms with Crippen LogP contribution in [0.2, 0.25) is 0 Å². The van der Waals surface area contributed by atoms with Crippen molar-refractivity contribution in [2.75, 3.05) is 39.4 Å². The molecule has 1 aliphatic heterocycles. The third kappa shape index (κ3) is 8.30. The van der Waals surface area contributed by atoms with Crippen LogP contribution >= 0.6 is 0 Å². The average molecular weight is 311 g/mol. The van der Waals surface area contributed by atoms with Gasteiger partial charge in [-0.25, -0.2) is 9.59 Å². The lowest BCUT2D eigenvalue weighted by Crippen LogP contribution is -2.40. The molecule has 0 bridgehead atoms. The van der Waals surface area contributed by atoms with Crippen LogP contribution in [-0.2, 0) is 20.9 Å². The van der Waals surface area contributed by atoms with Crippen LogP contribution < -0.4 is 5.32 Å². The molecule has 8 heteroatoms. The van der Waals surface area contributed by atoms with Crippen molar-refractivity contribution in [2.24, 2.45) is 0 Å². The van der Waals surface area contributed by atoms with Gasteiger partial charge in [-0.1, -0.05) is 6.07 Å². The summed E-state index contributed by atoms with van der Waals surface area (Å²) < 4.78 is 5.30. The van der Waals surface area contributed by atoms with Gasteiger partial charge in [-0.2, -0.15) is 0 Å². The fraction of sp³-hybridized carbons (Fsp3) is 0.500. The van der Waals surface area contributed by atoms with Crippen LogP contribution in [0, 0.1) is 0 Å². The predicted octanol–water partition coefficient (Wildman–Crippen LogP) is -0.341. The fourth-order valence-electron chi connectivity index (χ4n) is 1.80. The Bertz CT molecular complexity index is 437. The molecule has 0 atom stereocenters. The number of hydrogen-bond donors (Lipinski definition) is 3. The SMILES string of the molecule is O=C(O)C(=O)O.c1cncc(CNCCN2CCOCC2)c1. The number of ether oxygens (including phenoxy) is 1. The number of morpholine rings is 1. The average Bonchev–Trinajstić information content (AvgIpc) is 2.54. The van der Waals surface area contributed by atoms with E-state index in [2.05, 4.69) is 21.3 Å². The predicted molar refractivity (Wildman–Crippen MR) is 78.5 cm³/mol. The van der Waals surface area contributed by atoms with Gasteiger partial charge in [0, 0.05) is 45.1 Å². The van der Waals surface area contributed by atoms with Crippen molar-refractivity contribution >= 4 is 11.9 Å². The topological polar surface area (TPSA) is 112 Å². The smallest absolute Gasteiger partial charge is 0.414 e. The molecule has 0 aromatic carbocycles. The molecule has 0 unspecified atom stereocenters. The van der Waals surface area contributed by atoms with Crippen molar-refractivity contribution in [3.63, 3.8) is 0 Å². The Labute approximate surface area is 128 Å². The number of pyridine rings is 1. The third-order valence-electron chi connectivity index (χ3n) is 2.94. The van der Waals surface area contributed by atoms with E-state index in [-0.39, 0.29) is 0 Å². The summed E-state index contributed by atoms with van der Waals surface area (Å²) in [5, 5.41) is 18.2. The number of nitrogens with one attached hydrogen (secondary N) is 1. The van der Waals surface area contributed by atoms with E-state index in [1.54, 1.807) is 6.20 Å². The summed E-state index contributed by atoms with van der Waals surface area (Å²) in [7, 11) is 0. The van der Waals surface area contributed by atoms with Crippen LogP contribution in [0.5, 0.6) is 0 Å². The van der Waals surface area contributed by atoms with Gasteiger partial charge in [0.15, 0.2) is 0 Å². The van der Waals surface area contributed by atoms with E-state index in [1.165, 1.54) is 5.56 Å². The van der Waals surface area contributed by atoms with Gasteiger partial charge in [0.1, 0.15) is 0 Å². The zero-order valence-corrected chi connectivity index (χ0v) is 12.3. The maximum atomic E-state index is 9.10. The summed E-state index contributed by atoms with van der Waals surface area (Å²) in [4.78, 5) is 24.7. The molecule has 8 nitrogen and oxygen atoms in total. The highest BCUT2D eigenvalue weighted by molar-refractivity contribution is 6.27. The number of hydrogen-bond acceptors (Lipinski definition) is 6. The molecule has 2 heterocycles. The number of carboxylic acid groups (broad SMARTS) is 2. The molecular weight excluding hydrogens is 290 g/mol. The Balaban J connectivity index is 0.000000346. The third-order valence-corrected chi connectivity index (χ3v) is 2.94. The minimum Gasteiger partial charge on any atom is -0.473 e. The summed E-state index contributed by atoms with van der Waals surface area (Å²) in [6.45, 7) is 6.91. The molecule has 1 fully saturated rings. The van der Waals surface area contributed by atoms with Crippen molar-refractivity contribution in [3.8, 4) is 0 Å². The van der Waals surface area contributed by atoms with Gasteiger partial charge < -0.3 is 20.3 Å². The number of aliphatic carboxylic acids is 2. The van der Waals surface area contributed by atoms with Crippen molar-refractivity contribution in [2.45, 2.75) is 6.54 Å².